The Balaban J connectivity index is 3.59. The van der Waals surface area contributed by atoms with Crippen LogP contribution in [-0.4, -0.2) is 5.12 Å². The third-order valence-corrected chi connectivity index (χ3v) is 2.70. The van der Waals surface area contributed by atoms with E-state index < -0.39 is 0 Å². The molecule has 0 atom stereocenters. The van der Waals surface area contributed by atoms with Gasteiger partial charge in [0.05, 0.1) is 0 Å². The molecule has 0 radical (unpaired) electrons. The maximum atomic E-state index is 10.7. The highest BCUT2D eigenvalue weighted by Crippen LogP contribution is 2.29. The summed E-state index contributed by atoms with van der Waals surface area (Å²) in [6.07, 6.45) is 6.66. The molecule has 0 aliphatic rings. The molecule has 0 unspecified atom stereocenters. The van der Waals surface area contributed by atoms with Crippen molar-refractivity contribution in [1.29, 1.82) is 0 Å². The van der Waals surface area contributed by atoms with E-state index in [1.54, 1.807) is 0 Å². The van der Waals surface area contributed by atoms with Gasteiger partial charge in [-0.15, -0.1) is 12.6 Å². The van der Waals surface area contributed by atoms with Gasteiger partial charge in [-0.05, 0) is 18.3 Å². The molecule has 2 heteroatoms. The Kier molecular flexibility index (Phi) is 6.48. The van der Waals surface area contributed by atoms with Gasteiger partial charge in [-0.3, -0.25) is 4.79 Å². The van der Waals surface area contributed by atoms with Crippen LogP contribution in [0.4, 0.5) is 0 Å². The van der Waals surface area contributed by atoms with Crippen molar-refractivity contribution < 1.29 is 4.79 Å². The first-order valence-corrected chi connectivity index (χ1v) is 5.64. The van der Waals surface area contributed by atoms with Gasteiger partial charge in [0.25, 0.3) is 0 Å². The van der Waals surface area contributed by atoms with Crippen molar-refractivity contribution in [3.63, 3.8) is 0 Å². The average Bonchev–Trinajstić information content (AvgIpc) is 2.02. The Bertz CT molecular complexity index is 152. The SMILES string of the molecule is CCCCCC(C)(C)CCC(=O)S. The summed E-state index contributed by atoms with van der Waals surface area (Å²) in [6, 6.07) is 0. The molecule has 0 aliphatic heterocycles. The lowest BCUT2D eigenvalue weighted by atomic mass is 9.83. The first-order valence-electron chi connectivity index (χ1n) is 5.20. The van der Waals surface area contributed by atoms with Crippen LogP contribution in [0.3, 0.4) is 0 Å². The number of rotatable bonds is 7. The van der Waals surface area contributed by atoms with E-state index in [1.165, 1.54) is 25.7 Å². The predicted octanol–water partition coefficient (Wildman–Crippen LogP) is 3.83. The van der Waals surface area contributed by atoms with Crippen LogP contribution in [0.2, 0.25) is 0 Å². The number of thiol groups is 1. The van der Waals surface area contributed by atoms with Crippen molar-refractivity contribution in [2.45, 2.75) is 59.3 Å². The molecule has 0 amide bonds. The largest absolute Gasteiger partial charge is 0.288 e. The zero-order valence-electron chi connectivity index (χ0n) is 9.10. The summed E-state index contributed by atoms with van der Waals surface area (Å²) in [5, 5.41) is 0.0172. The summed E-state index contributed by atoms with van der Waals surface area (Å²) in [6.45, 7) is 6.68. The summed E-state index contributed by atoms with van der Waals surface area (Å²) < 4.78 is 0. The first-order chi connectivity index (χ1) is 5.98. The molecule has 0 bridgehead atoms. The molecule has 0 aromatic rings. The summed E-state index contributed by atoms with van der Waals surface area (Å²) in [5.41, 5.74) is 0.313. The molecule has 0 N–H and O–H groups in total. The molecule has 0 aromatic heterocycles. The number of carbonyl (C=O) groups excluding carboxylic acids is 1. The minimum Gasteiger partial charge on any atom is -0.288 e. The zero-order chi connectivity index (χ0) is 10.3. The van der Waals surface area contributed by atoms with Crippen molar-refractivity contribution in [1.82, 2.24) is 0 Å². The van der Waals surface area contributed by atoms with Gasteiger partial charge in [-0.25, -0.2) is 0 Å². The fraction of sp³-hybridized carbons (Fsp3) is 0.909. The molecule has 13 heavy (non-hydrogen) atoms. The van der Waals surface area contributed by atoms with Crippen LogP contribution in [0.5, 0.6) is 0 Å². The maximum absolute atomic E-state index is 10.7. The van der Waals surface area contributed by atoms with Gasteiger partial charge in [-0.2, -0.15) is 0 Å². The fourth-order valence-electron chi connectivity index (χ4n) is 1.42. The number of unbranched alkanes of at least 4 members (excludes halogenated alkanes) is 2. The van der Waals surface area contributed by atoms with Crippen LogP contribution >= 0.6 is 12.6 Å². The second-order valence-corrected chi connectivity index (χ2v) is 5.01. The van der Waals surface area contributed by atoms with Gasteiger partial charge in [0.2, 0.25) is 0 Å². The van der Waals surface area contributed by atoms with Gasteiger partial charge in [0.1, 0.15) is 0 Å². The Morgan fingerprint density at radius 2 is 1.85 bits per heavy atom. The number of hydrogen-bond acceptors (Lipinski definition) is 1. The van der Waals surface area contributed by atoms with Crippen LogP contribution in [0.15, 0.2) is 0 Å². The van der Waals surface area contributed by atoms with Crippen molar-refractivity contribution in [3.05, 3.63) is 0 Å². The normalized spacial score (nSPS) is 11.7. The van der Waals surface area contributed by atoms with Crippen molar-refractivity contribution in [3.8, 4) is 0 Å². The second-order valence-electron chi connectivity index (χ2n) is 4.52. The van der Waals surface area contributed by atoms with Crippen molar-refractivity contribution >= 4 is 17.7 Å². The van der Waals surface area contributed by atoms with E-state index in [0.717, 1.165) is 6.42 Å². The lowest BCUT2D eigenvalue weighted by Gasteiger charge is -2.23. The molecule has 0 saturated heterocycles. The maximum Gasteiger partial charge on any atom is 0.185 e. The lowest BCUT2D eigenvalue weighted by Crippen LogP contribution is -2.12. The topological polar surface area (TPSA) is 17.1 Å². The quantitative estimate of drug-likeness (QED) is 0.490. The van der Waals surface area contributed by atoms with Gasteiger partial charge in [0, 0.05) is 6.42 Å². The van der Waals surface area contributed by atoms with Crippen molar-refractivity contribution in [2.75, 3.05) is 0 Å². The molecule has 0 rings (SSSR count). The highest BCUT2D eigenvalue weighted by atomic mass is 32.1. The highest BCUT2D eigenvalue weighted by molar-refractivity contribution is 7.96. The third kappa shape index (κ3) is 8.35. The molecule has 0 aromatic carbocycles. The summed E-state index contributed by atoms with van der Waals surface area (Å²) >= 11 is 3.78. The Labute approximate surface area is 87.7 Å². The second kappa shape index (κ2) is 6.47. The average molecular weight is 202 g/mol. The summed E-state index contributed by atoms with van der Waals surface area (Å²) in [7, 11) is 0. The Morgan fingerprint density at radius 1 is 1.23 bits per heavy atom. The summed E-state index contributed by atoms with van der Waals surface area (Å²) in [4.78, 5) is 10.7. The van der Waals surface area contributed by atoms with E-state index in [4.69, 9.17) is 0 Å². The van der Waals surface area contributed by atoms with E-state index >= 15 is 0 Å². The van der Waals surface area contributed by atoms with Gasteiger partial charge in [0.15, 0.2) is 5.12 Å². The Morgan fingerprint density at radius 3 is 2.31 bits per heavy atom. The molecule has 78 valence electrons. The predicted molar refractivity (Wildman–Crippen MR) is 61.2 cm³/mol. The minimum atomic E-state index is 0.0172. The fourth-order valence-corrected chi connectivity index (χ4v) is 1.54. The molecule has 0 aliphatic carbocycles. The molecule has 0 saturated carbocycles. The van der Waals surface area contributed by atoms with Crippen LogP contribution in [-0.2, 0) is 4.79 Å². The van der Waals surface area contributed by atoms with Gasteiger partial charge >= 0.3 is 0 Å². The number of carbonyl (C=O) groups is 1. The van der Waals surface area contributed by atoms with Crippen LogP contribution in [0, 0.1) is 5.41 Å². The van der Waals surface area contributed by atoms with E-state index in [1.807, 2.05) is 0 Å². The van der Waals surface area contributed by atoms with E-state index in [0.29, 0.717) is 11.8 Å². The van der Waals surface area contributed by atoms with Gasteiger partial charge in [-0.1, -0.05) is 40.0 Å². The van der Waals surface area contributed by atoms with Crippen LogP contribution in [0.25, 0.3) is 0 Å². The number of hydrogen-bond donors (Lipinski definition) is 1. The standard InChI is InChI=1S/C11H22OS/c1-4-5-6-8-11(2,3)9-7-10(12)13/h4-9H2,1-3H3,(H,12,13). The molecule has 0 heterocycles. The summed E-state index contributed by atoms with van der Waals surface area (Å²) in [5.74, 6) is 0. The smallest absolute Gasteiger partial charge is 0.185 e. The van der Waals surface area contributed by atoms with E-state index in [2.05, 4.69) is 33.4 Å². The molecule has 0 fully saturated rings. The van der Waals surface area contributed by atoms with E-state index in [-0.39, 0.29) is 5.12 Å². The molecular formula is C11H22OS. The zero-order valence-corrected chi connectivity index (χ0v) is 9.99. The minimum absolute atomic E-state index is 0.0172. The lowest BCUT2D eigenvalue weighted by molar-refractivity contribution is -0.111. The highest BCUT2D eigenvalue weighted by Gasteiger charge is 2.17. The van der Waals surface area contributed by atoms with Crippen LogP contribution < -0.4 is 0 Å². The molecule has 0 spiro atoms. The molecular weight excluding hydrogens is 180 g/mol. The first kappa shape index (κ1) is 13.0. The van der Waals surface area contributed by atoms with Gasteiger partial charge < -0.3 is 0 Å². The molecule has 1 nitrogen and oxygen atoms in total. The Hall–Kier alpha value is 0.0200. The van der Waals surface area contributed by atoms with E-state index in [9.17, 15) is 4.79 Å². The van der Waals surface area contributed by atoms with Crippen molar-refractivity contribution in [2.24, 2.45) is 5.41 Å². The van der Waals surface area contributed by atoms with Crippen LogP contribution in [0.1, 0.15) is 59.3 Å². The monoisotopic (exact) mass is 202 g/mol. The third-order valence-electron chi connectivity index (χ3n) is 2.47.